The summed E-state index contributed by atoms with van der Waals surface area (Å²) in [6.45, 7) is 2.18. The summed E-state index contributed by atoms with van der Waals surface area (Å²) in [6, 6.07) is 8.78. The number of hydrogen-bond acceptors (Lipinski definition) is 3. The Hall–Kier alpha value is -2.76. The summed E-state index contributed by atoms with van der Waals surface area (Å²) in [5.74, 6) is -2.96. The molecule has 2 aromatic carbocycles. The second-order valence-corrected chi connectivity index (χ2v) is 4.80. The Labute approximate surface area is 132 Å². The van der Waals surface area contributed by atoms with Crippen LogP contribution in [-0.2, 0) is 4.74 Å². The molecule has 6 heteroatoms. The van der Waals surface area contributed by atoms with E-state index in [1.54, 1.807) is 18.2 Å². The van der Waals surface area contributed by atoms with Crippen molar-refractivity contribution in [2.24, 2.45) is 0 Å². The van der Waals surface area contributed by atoms with E-state index in [4.69, 9.17) is 4.74 Å². The van der Waals surface area contributed by atoms with Crippen LogP contribution < -0.4 is 5.32 Å². The maximum atomic E-state index is 13.6. The molecule has 2 rings (SSSR count). The van der Waals surface area contributed by atoms with E-state index in [0.29, 0.717) is 24.8 Å². The number of hydrogen-bond donors (Lipinski definition) is 1. The lowest BCUT2D eigenvalue weighted by atomic mass is 10.1. The molecule has 2 aromatic rings. The zero-order valence-electron chi connectivity index (χ0n) is 12.4. The number of carbonyl (C=O) groups is 2. The summed E-state index contributed by atoms with van der Waals surface area (Å²) in [5, 5.41) is 2.46. The van der Waals surface area contributed by atoms with Gasteiger partial charge in [-0.1, -0.05) is 13.0 Å². The van der Waals surface area contributed by atoms with Crippen molar-refractivity contribution in [1.82, 2.24) is 0 Å². The SMILES string of the molecule is CCCOC(=O)c1cccc(NC(=O)c2ccc(F)cc2F)c1. The number of benzene rings is 2. The van der Waals surface area contributed by atoms with Crippen LogP contribution in [-0.4, -0.2) is 18.5 Å². The van der Waals surface area contributed by atoms with Gasteiger partial charge in [0.15, 0.2) is 0 Å². The molecular formula is C17H15F2NO3. The normalized spacial score (nSPS) is 10.2. The standard InChI is InChI=1S/C17H15F2NO3/c1-2-8-23-17(22)11-4-3-5-13(9-11)20-16(21)14-7-6-12(18)10-15(14)19/h3-7,9-10H,2,8H2,1H3,(H,20,21). The van der Waals surface area contributed by atoms with E-state index in [2.05, 4.69) is 5.32 Å². The number of rotatable bonds is 5. The smallest absolute Gasteiger partial charge is 0.338 e. The van der Waals surface area contributed by atoms with Gasteiger partial charge in [0.1, 0.15) is 11.6 Å². The molecule has 1 amide bonds. The monoisotopic (exact) mass is 319 g/mol. The maximum absolute atomic E-state index is 13.6. The molecule has 0 radical (unpaired) electrons. The van der Waals surface area contributed by atoms with Crippen molar-refractivity contribution in [1.29, 1.82) is 0 Å². The number of anilines is 1. The van der Waals surface area contributed by atoms with E-state index >= 15 is 0 Å². The second-order valence-electron chi connectivity index (χ2n) is 4.80. The molecule has 0 saturated carbocycles. The predicted octanol–water partition coefficient (Wildman–Crippen LogP) is 3.78. The van der Waals surface area contributed by atoms with Crippen LogP contribution in [0.4, 0.5) is 14.5 Å². The molecule has 0 heterocycles. The Morgan fingerprint density at radius 2 is 1.91 bits per heavy atom. The van der Waals surface area contributed by atoms with Crippen LogP contribution in [0.15, 0.2) is 42.5 Å². The van der Waals surface area contributed by atoms with Gasteiger partial charge in [-0.2, -0.15) is 0 Å². The Balaban J connectivity index is 2.13. The Bertz CT molecular complexity index is 732. The Morgan fingerprint density at radius 3 is 2.61 bits per heavy atom. The number of esters is 1. The molecule has 0 spiro atoms. The van der Waals surface area contributed by atoms with Gasteiger partial charge < -0.3 is 10.1 Å². The van der Waals surface area contributed by atoms with E-state index in [-0.39, 0.29) is 11.1 Å². The first-order valence-corrected chi connectivity index (χ1v) is 7.05. The fourth-order valence-corrected chi connectivity index (χ4v) is 1.87. The highest BCUT2D eigenvalue weighted by Crippen LogP contribution is 2.15. The van der Waals surface area contributed by atoms with Crippen LogP contribution >= 0.6 is 0 Å². The summed E-state index contributed by atoms with van der Waals surface area (Å²) in [7, 11) is 0. The molecular weight excluding hydrogens is 304 g/mol. The minimum atomic E-state index is -0.957. The lowest BCUT2D eigenvalue weighted by Gasteiger charge is -2.08. The lowest BCUT2D eigenvalue weighted by Crippen LogP contribution is -2.14. The highest BCUT2D eigenvalue weighted by molar-refractivity contribution is 6.05. The van der Waals surface area contributed by atoms with Crippen LogP contribution in [0.2, 0.25) is 0 Å². The summed E-state index contributed by atoms with van der Waals surface area (Å²) in [4.78, 5) is 23.8. The first-order valence-electron chi connectivity index (χ1n) is 7.05. The van der Waals surface area contributed by atoms with Crippen molar-refractivity contribution >= 4 is 17.6 Å². The Kier molecular flexibility index (Phi) is 5.41. The number of amides is 1. The topological polar surface area (TPSA) is 55.4 Å². The van der Waals surface area contributed by atoms with Gasteiger partial charge in [0.25, 0.3) is 5.91 Å². The fraction of sp³-hybridized carbons (Fsp3) is 0.176. The third-order valence-electron chi connectivity index (χ3n) is 2.97. The molecule has 0 aliphatic carbocycles. The summed E-state index contributed by atoms with van der Waals surface area (Å²) in [5.41, 5.74) is 0.297. The first-order chi connectivity index (χ1) is 11.0. The van der Waals surface area contributed by atoms with Gasteiger partial charge in [0, 0.05) is 11.8 Å². The minimum absolute atomic E-state index is 0.274. The van der Waals surface area contributed by atoms with Gasteiger partial charge in [0.2, 0.25) is 0 Å². The molecule has 23 heavy (non-hydrogen) atoms. The molecule has 0 unspecified atom stereocenters. The number of carbonyl (C=O) groups excluding carboxylic acids is 2. The third-order valence-corrected chi connectivity index (χ3v) is 2.97. The zero-order valence-corrected chi connectivity index (χ0v) is 12.4. The van der Waals surface area contributed by atoms with E-state index in [9.17, 15) is 18.4 Å². The van der Waals surface area contributed by atoms with Crippen molar-refractivity contribution in [3.8, 4) is 0 Å². The van der Waals surface area contributed by atoms with Crippen LogP contribution in [0.3, 0.4) is 0 Å². The minimum Gasteiger partial charge on any atom is -0.462 e. The molecule has 0 aromatic heterocycles. The zero-order chi connectivity index (χ0) is 16.8. The average Bonchev–Trinajstić information content (AvgIpc) is 2.52. The van der Waals surface area contributed by atoms with Crippen molar-refractivity contribution in [3.63, 3.8) is 0 Å². The van der Waals surface area contributed by atoms with Gasteiger partial charge >= 0.3 is 5.97 Å². The predicted molar refractivity (Wildman–Crippen MR) is 81.3 cm³/mol. The molecule has 4 nitrogen and oxygen atoms in total. The molecule has 0 saturated heterocycles. The fourth-order valence-electron chi connectivity index (χ4n) is 1.87. The third kappa shape index (κ3) is 4.35. The summed E-state index contributed by atoms with van der Waals surface area (Å²) < 4.78 is 31.4. The largest absolute Gasteiger partial charge is 0.462 e. The molecule has 0 fully saturated rings. The molecule has 1 N–H and O–H groups in total. The number of nitrogens with one attached hydrogen (secondary N) is 1. The Morgan fingerprint density at radius 1 is 1.13 bits per heavy atom. The van der Waals surface area contributed by atoms with Crippen molar-refractivity contribution < 1.29 is 23.1 Å². The van der Waals surface area contributed by atoms with Gasteiger partial charge in [0.05, 0.1) is 17.7 Å². The van der Waals surface area contributed by atoms with Crippen molar-refractivity contribution in [3.05, 3.63) is 65.2 Å². The van der Waals surface area contributed by atoms with E-state index < -0.39 is 23.5 Å². The maximum Gasteiger partial charge on any atom is 0.338 e. The van der Waals surface area contributed by atoms with Crippen LogP contribution in [0, 0.1) is 11.6 Å². The molecule has 0 bridgehead atoms. The van der Waals surface area contributed by atoms with Crippen LogP contribution in [0.5, 0.6) is 0 Å². The van der Waals surface area contributed by atoms with Gasteiger partial charge in [-0.3, -0.25) is 4.79 Å². The highest BCUT2D eigenvalue weighted by Gasteiger charge is 2.14. The van der Waals surface area contributed by atoms with Gasteiger partial charge in [-0.15, -0.1) is 0 Å². The highest BCUT2D eigenvalue weighted by atomic mass is 19.1. The quantitative estimate of drug-likeness (QED) is 0.853. The average molecular weight is 319 g/mol. The number of ether oxygens (including phenoxy) is 1. The molecule has 0 aliphatic heterocycles. The molecule has 0 atom stereocenters. The first kappa shape index (κ1) is 16.6. The molecule has 0 aliphatic rings. The van der Waals surface area contributed by atoms with Gasteiger partial charge in [-0.25, -0.2) is 13.6 Å². The van der Waals surface area contributed by atoms with Crippen molar-refractivity contribution in [2.75, 3.05) is 11.9 Å². The van der Waals surface area contributed by atoms with E-state index in [1.807, 2.05) is 6.92 Å². The summed E-state index contributed by atoms with van der Waals surface area (Å²) >= 11 is 0. The van der Waals surface area contributed by atoms with E-state index in [0.717, 1.165) is 12.1 Å². The molecule has 120 valence electrons. The van der Waals surface area contributed by atoms with Crippen molar-refractivity contribution in [2.45, 2.75) is 13.3 Å². The van der Waals surface area contributed by atoms with Gasteiger partial charge in [-0.05, 0) is 36.8 Å². The lowest BCUT2D eigenvalue weighted by molar-refractivity contribution is 0.0505. The van der Waals surface area contributed by atoms with Crippen LogP contribution in [0.25, 0.3) is 0 Å². The second kappa shape index (κ2) is 7.49. The summed E-state index contributed by atoms with van der Waals surface area (Å²) in [6.07, 6.45) is 0.700. The van der Waals surface area contributed by atoms with Crippen LogP contribution in [0.1, 0.15) is 34.1 Å². The number of halogens is 2. The van der Waals surface area contributed by atoms with E-state index in [1.165, 1.54) is 6.07 Å².